The Kier molecular flexibility index (Phi) is 7.43. The van der Waals surface area contributed by atoms with Gasteiger partial charge >= 0.3 is 5.97 Å². The number of rotatable bonds is 8. The lowest BCUT2D eigenvalue weighted by Gasteiger charge is -2.13. The number of carboxylic acid groups (broad SMARTS) is 1. The van der Waals surface area contributed by atoms with Crippen molar-refractivity contribution < 1.29 is 19.8 Å². The number of aliphatic hydroxyl groups is 1. The lowest BCUT2D eigenvalue weighted by atomic mass is 10.2. The summed E-state index contributed by atoms with van der Waals surface area (Å²) >= 11 is 7.41. The van der Waals surface area contributed by atoms with Crippen LogP contribution < -0.4 is 5.32 Å². The molecule has 0 spiro atoms. The number of aliphatic carboxylic acids is 1. The molecule has 1 rings (SSSR count). The van der Waals surface area contributed by atoms with Gasteiger partial charge in [0.2, 0.25) is 5.91 Å². The van der Waals surface area contributed by atoms with Crippen molar-refractivity contribution >= 4 is 35.2 Å². The van der Waals surface area contributed by atoms with Crippen molar-refractivity contribution in [2.75, 3.05) is 12.4 Å². The highest BCUT2D eigenvalue weighted by molar-refractivity contribution is 7.99. The molecule has 1 atom stereocenters. The number of carbonyl (C=O) groups excluding carboxylic acids is 1. The average molecular weight is 318 g/mol. The molecular formula is C13H16ClNO4S. The van der Waals surface area contributed by atoms with Gasteiger partial charge in [0.15, 0.2) is 0 Å². The predicted octanol–water partition coefficient (Wildman–Crippen LogP) is 1.77. The molecule has 0 saturated carbocycles. The maximum Gasteiger partial charge on any atom is 0.326 e. The molecule has 1 unspecified atom stereocenters. The largest absolute Gasteiger partial charge is 0.480 e. The van der Waals surface area contributed by atoms with Crippen LogP contribution in [0.1, 0.15) is 12.8 Å². The van der Waals surface area contributed by atoms with Crippen LogP contribution in [0.2, 0.25) is 5.02 Å². The van der Waals surface area contributed by atoms with Gasteiger partial charge in [-0.25, -0.2) is 4.79 Å². The quantitative estimate of drug-likeness (QED) is 0.636. The Hall–Kier alpha value is -1.24. The third-order valence-electron chi connectivity index (χ3n) is 2.47. The highest BCUT2D eigenvalue weighted by atomic mass is 35.5. The third-order valence-corrected chi connectivity index (χ3v) is 3.99. The molecule has 3 N–H and O–H groups in total. The summed E-state index contributed by atoms with van der Waals surface area (Å²) in [7, 11) is 0. The SMILES string of the molecule is O=C(CCSc1ccccc1Cl)NC(CCO)C(=O)O. The summed E-state index contributed by atoms with van der Waals surface area (Å²) in [4.78, 5) is 23.3. The molecule has 1 aromatic carbocycles. The number of hydrogen-bond acceptors (Lipinski definition) is 4. The fraction of sp³-hybridized carbons (Fsp3) is 0.385. The van der Waals surface area contributed by atoms with Crippen LogP contribution in [0.4, 0.5) is 0 Å². The minimum absolute atomic E-state index is 0.00126. The van der Waals surface area contributed by atoms with Gasteiger partial charge in [-0.05, 0) is 12.1 Å². The average Bonchev–Trinajstić information content (AvgIpc) is 2.40. The smallest absolute Gasteiger partial charge is 0.326 e. The second-order valence-corrected chi connectivity index (χ2v) is 5.54. The van der Waals surface area contributed by atoms with Gasteiger partial charge in [-0.1, -0.05) is 23.7 Å². The van der Waals surface area contributed by atoms with E-state index in [1.165, 1.54) is 11.8 Å². The van der Waals surface area contributed by atoms with Gasteiger partial charge in [-0.3, -0.25) is 4.79 Å². The first-order chi connectivity index (χ1) is 9.54. The zero-order chi connectivity index (χ0) is 15.0. The Morgan fingerprint density at radius 2 is 2.05 bits per heavy atom. The molecule has 0 saturated heterocycles. The van der Waals surface area contributed by atoms with Crippen LogP contribution in [0.15, 0.2) is 29.2 Å². The number of hydrogen-bond donors (Lipinski definition) is 3. The summed E-state index contributed by atoms with van der Waals surface area (Å²) < 4.78 is 0. The Bertz CT molecular complexity index is 469. The molecule has 20 heavy (non-hydrogen) atoms. The van der Waals surface area contributed by atoms with E-state index in [9.17, 15) is 9.59 Å². The van der Waals surface area contributed by atoms with Gasteiger partial charge in [0.1, 0.15) is 6.04 Å². The number of carbonyl (C=O) groups is 2. The highest BCUT2D eigenvalue weighted by Crippen LogP contribution is 2.26. The molecule has 7 heteroatoms. The number of benzene rings is 1. The molecule has 0 heterocycles. The van der Waals surface area contributed by atoms with Crippen LogP contribution in [-0.4, -0.2) is 40.5 Å². The first-order valence-corrected chi connectivity index (χ1v) is 7.41. The van der Waals surface area contributed by atoms with E-state index in [0.29, 0.717) is 10.8 Å². The maximum atomic E-state index is 11.6. The molecule has 1 amide bonds. The van der Waals surface area contributed by atoms with E-state index in [4.69, 9.17) is 21.8 Å². The van der Waals surface area contributed by atoms with E-state index >= 15 is 0 Å². The van der Waals surface area contributed by atoms with E-state index in [-0.39, 0.29) is 25.4 Å². The van der Waals surface area contributed by atoms with E-state index in [1.54, 1.807) is 6.07 Å². The van der Waals surface area contributed by atoms with Crippen LogP contribution in [-0.2, 0) is 9.59 Å². The minimum atomic E-state index is -1.15. The van der Waals surface area contributed by atoms with Gasteiger partial charge in [-0.2, -0.15) is 0 Å². The minimum Gasteiger partial charge on any atom is -0.480 e. The van der Waals surface area contributed by atoms with E-state index in [2.05, 4.69) is 5.32 Å². The second-order valence-electron chi connectivity index (χ2n) is 4.00. The van der Waals surface area contributed by atoms with E-state index in [1.807, 2.05) is 18.2 Å². The van der Waals surface area contributed by atoms with Crippen LogP contribution in [0.5, 0.6) is 0 Å². The summed E-state index contributed by atoms with van der Waals surface area (Å²) in [5.74, 6) is -1.00. The summed E-state index contributed by atoms with van der Waals surface area (Å²) in [5, 5.41) is 20.6. The molecular weight excluding hydrogens is 302 g/mol. The standard InChI is InChI=1S/C13H16ClNO4S/c14-9-3-1-2-4-11(9)20-8-6-12(17)15-10(5-7-16)13(18)19/h1-4,10,16H,5-8H2,(H,15,17)(H,18,19). The van der Waals surface area contributed by atoms with Crippen molar-refractivity contribution in [3.8, 4) is 0 Å². The fourth-order valence-electron chi connectivity index (χ4n) is 1.47. The third kappa shape index (κ3) is 5.81. The zero-order valence-electron chi connectivity index (χ0n) is 10.7. The molecule has 0 aliphatic rings. The fourth-order valence-corrected chi connectivity index (χ4v) is 2.66. The lowest BCUT2D eigenvalue weighted by molar-refractivity contribution is -0.142. The van der Waals surface area contributed by atoms with E-state index in [0.717, 1.165) is 4.90 Å². The summed E-state index contributed by atoms with van der Waals surface area (Å²) in [5.41, 5.74) is 0. The molecule has 110 valence electrons. The monoisotopic (exact) mass is 317 g/mol. The molecule has 0 aliphatic heterocycles. The number of halogens is 1. The number of aliphatic hydroxyl groups excluding tert-OH is 1. The summed E-state index contributed by atoms with van der Waals surface area (Å²) in [6, 6.07) is 6.27. The molecule has 5 nitrogen and oxygen atoms in total. The number of nitrogens with one attached hydrogen (secondary N) is 1. The molecule has 0 aliphatic carbocycles. The Morgan fingerprint density at radius 1 is 1.35 bits per heavy atom. The molecule has 0 bridgehead atoms. The van der Waals surface area contributed by atoms with Gasteiger partial charge < -0.3 is 15.5 Å². The molecule has 0 fully saturated rings. The van der Waals surface area contributed by atoms with Crippen molar-refractivity contribution in [1.82, 2.24) is 5.32 Å². The Morgan fingerprint density at radius 3 is 2.65 bits per heavy atom. The number of thioether (sulfide) groups is 1. The van der Waals surface area contributed by atoms with Crippen LogP contribution in [0.25, 0.3) is 0 Å². The second kappa shape index (κ2) is 8.84. The zero-order valence-corrected chi connectivity index (χ0v) is 12.3. The number of amides is 1. The topological polar surface area (TPSA) is 86.6 Å². The van der Waals surface area contributed by atoms with E-state index < -0.39 is 12.0 Å². The summed E-state index contributed by atoms with van der Waals surface area (Å²) in [6.45, 7) is -0.286. The Labute approximate surface area is 126 Å². The van der Waals surface area contributed by atoms with Crippen molar-refractivity contribution in [2.24, 2.45) is 0 Å². The van der Waals surface area contributed by atoms with Crippen molar-refractivity contribution in [1.29, 1.82) is 0 Å². The molecule has 1 aromatic rings. The number of carboxylic acids is 1. The molecule has 0 radical (unpaired) electrons. The van der Waals surface area contributed by atoms with Crippen molar-refractivity contribution in [3.63, 3.8) is 0 Å². The normalized spacial score (nSPS) is 11.9. The Balaban J connectivity index is 2.36. The van der Waals surface area contributed by atoms with Gasteiger partial charge in [0.25, 0.3) is 0 Å². The van der Waals surface area contributed by atoms with Crippen LogP contribution in [0.3, 0.4) is 0 Å². The van der Waals surface area contributed by atoms with Crippen LogP contribution in [0, 0.1) is 0 Å². The lowest BCUT2D eigenvalue weighted by Crippen LogP contribution is -2.41. The molecule has 0 aromatic heterocycles. The van der Waals surface area contributed by atoms with Crippen molar-refractivity contribution in [3.05, 3.63) is 29.3 Å². The summed E-state index contributed by atoms with van der Waals surface area (Å²) in [6.07, 6.45) is 0.184. The predicted molar refractivity (Wildman–Crippen MR) is 78.1 cm³/mol. The van der Waals surface area contributed by atoms with Gasteiger partial charge in [0.05, 0.1) is 5.02 Å². The van der Waals surface area contributed by atoms with Crippen molar-refractivity contribution in [2.45, 2.75) is 23.8 Å². The van der Waals surface area contributed by atoms with Crippen LogP contribution >= 0.6 is 23.4 Å². The first-order valence-electron chi connectivity index (χ1n) is 6.05. The highest BCUT2D eigenvalue weighted by Gasteiger charge is 2.18. The first kappa shape index (κ1) is 16.8. The van der Waals surface area contributed by atoms with Gasteiger partial charge in [-0.15, -0.1) is 11.8 Å². The maximum absolute atomic E-state index is 11.6. The van der Waals surface area contributed by atoms with Gasteiger partial charge in [0, 0.05) is 30.1 Å².